The molecular weight excluding hydrogens is 388 g/mol. The van der Waals surface area contributed by atoms with Gasteiger partial charge < -0.3 is 14.6 Å². The number of phenols is 1. The number of hydrogen-bond acceptors (Lipinski definition) is 4. The van der Waals surface area contributed by atoms with Crippen LogP contribution in [0.2, 0.25) is 0 Å². The number of ether oxygens (including phenoxy) is 2. The van der Waals surface area contributed by atoms with Gasteiger partial charge in [-0.15, -0.1) is 0 Å². The van der Waals surface area contributed by atoms with Gasteiger partial charge in [0.15, 0.2) is 5.78 Å². The molecule has 4 nitrogen and oxygen atoms in total. The second-order valence-electron chi connectivity index (χ2n) is 10.8. The third kappa shape index (κ3) is 7.46. The Balaban J connectivity index is 2.56. The quantitative estimate of drug-likeness (QED) is 0.417. The Morgan fingerprint density at radius 3 is 1.65 bits per heavy atom. The lowest BCUT2D eigenvalue weighted by atomic mass is 9.84. The number of aromatic hydroxyl groups is 1. The summed E-state index contributed by atoms with van der Waals surface area (Å²) < 4.78 is 12.7. The SMILES string of the molecule is CC(C)(C)Oc1cc(C=CC(=O)c2ccc(O)cc2)cc(OC(C)(C)C)c1C(C)(C)C. The predicted octanol–water partition coefficient (Wildman–Crippen LogP) is 6.94. The number of phenolic OH excluding ortho intramolecular Hbond substituents is 1. The van der Waals surface area contributed by atoms with E-state index in [1.165, 1.54) is 18.2 Å². The minimum absolute atomic E-state index is 0.131. The molecule has 0 unspecified atom stereocenters. The van der Waals surface area contributed by atoms with Crippen molar-refractivity contribution in [1.29, 1.82) is 0 Å². The number of carbonyl (C=O) groups is 1. The molecule has 0 radical (unpaired) electrons. The fraction of sp³-hybridized carbons (Fsp3) is 0.444. The van der Waals surface area contributed by atoms with Gasteiger partial charge >= 0.3 is 0 Å². The van der Waals surface area contributed by atoms with Crippen LogP contribution < -0.4 is 9.47 Å². The van der Waals surface area contributed by atoms with Crippen molar-refractivity contribution in [3.63, 3.8) is 0 Å². The minimum Gasteiger partial charge on any atom is -0.508 e. The van der Waals surface area contributed by atoms with Crippen molar-refractivity contribution >= 4 is 11.9 Å². The van der Waals surface area contributed by atoms with Crippen LogP contribution in [-0.2, 0) is 5.41 Å². The minimum atomic E-state index is -0.386. The van der Waals surface area contributed by atoms with E-state index in [1.54, 1.807) is 18.2 Å². The van der Waals surface area contributed by atoms with Crippen LogP contribution in [0.15, 0.2) is 42.5 Å². The molecule has 2 aromatic carbocycles. The molecule has 4 heteroatoms. The highest BCUT2D eigenvalue weighted by molar-refractivity contribution is 6.06. The molecule has 0 atom stereocenters. The van der Waals surface area contributed by atoms with Gasteiger partial charge in [-0.2, -0.15) is 0 Å². The topological polar surface area (TPSA) is 55.8 Å². The van der Waals surface area contributed by atoms with Gasteiger partial charge in [0.05, 0.1) is 0 Å². The average Bonchev–Trinajstić information content (AvgIpc) is 2.56. The summed E-state index contributed by atoms with van der Waals surface area (Å²) in [5.74, 6) is 1.49. The number of carbonyl (C=O) groups excluding carboxylic acids is 1. The summed E-state index contributed by atoms with van der Waals surface area (Å²) in [5.41, 5.74) is 1.35. The van der Waals surface area contributed by atoms with E-state index in [2.05, 4.69) is 20.8 Å². The lowest BCUT2D eigenvalue weighted by molar-refractivity contribution is 0.104. The maximum Gasteiger partial charge on any atom is 0.185 e. The number of allylic oxidation sites excluding steroid dienone is 1. The molecule has 2 aromatic rings. The van der Waals surface area contributed by atoms with E-state index in [0.717, 1.165) is 22.6 Å². The molecule has 0 aliphatic rings. The molecular formula is C27H36O4. The Kier molecular flexibility index (Phi) is 6.94. The first-order chi connectivity index (χ1) is 14.0. The zero-order valence-corrected chi connectivity index (χ0v) is 20.3. The van der Waals surface area contributed by atoms with Gasteiger partial charge in [0.2, 0.25) is 0 Å². The molecule has 2 rings (SSSR count). The summed E-state index contributed by atoms with van der Waals surface area (Å²) >= 11 is 0. The normalized spacial score (nSPS) is 12.8. The molecule has 0 aromatic heterocycles. The van der Waals surface area contributed by atoms with Crippen molar-refractivity contribution in [2.45, 2.75) is 78.9 Å². The van der Waals surface area contributed by atoms with Gasteiger partial charge in [-0.25, -0.2) is 0 Å². The van der Waals surface area contributed by atoms with Crippen LogP contribution in [0.4, 0.5) is 0 Å². The van der Waals surface area contributed by atoms with E-state index < -0.39 is 0 Å². The van der Waals surface area contributed by atoms with Gasteiger partial charge in [0.1, 0.15) is 28.5 Å². The van der Waals surface area contributed by atoms with Crippen LogP contribution >= 0.6 is 0 Å². The number of ketones is 1. The molecule has 0 fully saturated rings. The molecule has 0 bridgehead atoms. The monoisotopic (exact) mass is 424 g/mol. The molecule has 31 heavy (non-hydrogen) atoms. The summed E-state index contributed by atoms with van der Waals surface area (Å²) in [6.07, 6.45) is 3.30. The highest BCUT2D eigenvalue weighted by atomic mass is 16.5. The van der Waals surface area contributed by atoms with Crippen molar-refractivity contribution < 1.29 is 19.4 Å². The molecule has 0 amide bonds. The van der Waals surface area contributed by atoms with Crippen molar-refractivity contribution in [3.8, 4) is 17.2 Å². The number of rotatable bonds is 5. The Morgan fingerprint density at radius 2 is 1.26 bits per heavy atom. The van der Waals surface area contributed by atoms with Gasteiger partial charge in [-0.1, -0.05) is 26.8 Å². The van der Waals surface area contributed by atoms with E-state index in [9.17, 15) is 9.90 Å². The maximum absolute atomic E-state index is 12.6. The molecule has 0 aliphatic heterocycles. The molecule has 168 valence electrons. The third-order valence-corrected chi connectivity index (χ3v) is 4.25. The highest BCUT2D eigenvalue weighted by Gasteiger charge is 2.29. The molecule has 0 spiro atoms. The summed E-state index contributed by atoms with van der Waals surface area (Å²) in [7, 11) is 0. The van der Waals surface area contributed by atoms with E-state index in [4.69, 9.17) is 9.47 Å². The van der Waals surface area contributed by atoms with Crippen LogP contribution in [0.25, 0.3) is 6.08 Å². The fourth-order valence-electron chi connectivity index (χ4n) is 3.16. The van der Waals surface area contributed by atoms with E-state index in [-0.39, 0.29) is 28.1 Å². The van der Waals surface area contributed by atoms with Crippen molar-refractivity contribution in [3.05, 3.63) is 59.2 Å². The Bertz CT molecular complexity index is 910. The van der Waals surface area contributed by atoms with Crippen LogP contribution in [0.5, 0.6) is 17.2 Å². The van der Waals surface area contributed by atoms with Crippen LogP contribution in [0.3, 0.4) is 0 Å². The van der Waals surface area contributed by atoms with Crippen molar-refractivity contribution in [1.82, 2.24) is 0 Å². The summed E-state index contributed by atoms with van der Waals surface area (Å²) in [5, 5.41) is 9.43. The number of benzene rings is 2. The fourth-order valence-corrected chi connectivity index (χ4v) is 3.16. The Hall–Kier alpha value is -2.75. The second-order valence-corrected chi connectivity index (χ2v) is 10.8. The first-order valence-electron chi connectivity index (χ1n) is 10.6. The van der Waals surface area contributed by atoms with Crippen LogP contribution in [-0.4, -0.2) is 22.1 Å². The first kappa shape index (κ1) is 24.5. The summed E-state index contributed by atoms with van der Waals surface area (Å²) in [4.78, 5) is 12.6. The summed E-state index contributed by atoms with van der Waals surface area (Å²) in [6.45, 7) is 18.5. The lowest BCUT2D eigenvalue weighted by Gasteiger charge is -2.32. The van der Waals surface area contributed by atoms with Gasteiger partial charge in [-0.05, 0) is 95.0 Å². The van der Waals surface area contributed by atoms with Crippen LogP contribution in [0, 0.1) is 0 Å². The lowest BCUT2D eigenvalue weighted by Crippen LogP contribution is -2.28. The highest BCUT2D eigenvalue weighted by Crippen LogP contribution is 2.42. The molecule has 1 N–H and O–H groups in total. The Labute approximate surface area is 186 Å². The first-order valence-corrected chi connectivity index (χ1v) is 10.6. The van der Waals surface area contributed by atoms with Crippen molar-refractivity contribution in [2.75, 3.05) is 0 Å². The van der Waals surface area contributed by atoms with E-state index in [1.807, 2.05) is 53.7 Å². The molecule has 0 saturated heterocycles. The zero-order chi connectivity index (χ0) is 23.6. The summed E-state index contributed by atoms with van der Waals surface area (Å²) in [6, 6.07) is 10.1. The van der Waals surface area contributed by atoms with Gasteiger partial charge in [0.25, 0.3) is 0 Å². The average molecular weight is 425 g/mol. The zero-order valence-electron chi connectivity index (χ0n) is 20.3. The van der Waals surface area contributed by atoms with E-state index in [0.29, 0.717) is 5.56 Å². The molecule has 0 aliphatic carbocycles. The third-order valence-electron chi connectivity index (χ3n) is 4.25. The predicted molar refractivity (Wildman–Crippen MR) is 127 cm³/mol. The molecule has 0 saturated carbocycles. The van der Waals surface area contributed by atoms with Crippen molar-refractivity contribution in [2.24, 2.45) is 0 Å². The van der Waals surface area contributed by atoms with Crippen LogP contribution in [0.1, 0.15) is 83.8 Å². The largest absolute Gasteiger partial charge is 0.508 e. The maximum atomic E-state index is 12.6. The molecule has 0 heterocycles. The second kappa shape index (κ2) is 8.78. The standard InChI is InChI=1S/C27H36O4/c1-25(2,3)24-22(30-26(4,5)6)16-18(17-23(24)31-27(7,8)9)10-15-21(29)19-11-13-20(28)14-12-19/h10-17,28H,1-9H3. The van der Waals surface area contributed by atoms with Gasteiger partial charge in [-0.3, -0.25) is 4.79 Å². The Morgan fingerprint density at radius 1 is 0.806 bits per heavy atom. The van der Waals surface area contributed by atoms with E-state index >= 15 is 0 Å². The number of hydrogen-bond donors (Lipinski definition) is 1. The van der Waals surface area contributed by atoms with Gasteiger partial charge in [0, 0.05) is 11.1 Å². The smallest absolute Gasteiger partial charge is 0.185 e.